The highest BCUT2D eigenvalue weighted by Gasteiger charge is 2.11. The number of aromatic nitrogens is 2. The van der Waals surface area contributed by atoms with E-state index in [1.165, 1.54) is 17.0 Å². The smallest absolute Gasteiger partial charge is 0.320 e. The molecule has 27 heavy (non-hydrogen) atoms. The number of amides is 1. The van der Waals surface area contributed by atoms with Crippen LogP contribution in [0.15, 0.2) is 64.4 Å². The minimum atomic E-state index is -0.784. The maximum absolute atomic E-state index is 12.4. The molecule has 0 fully saturated rings. The highest BCUT2D eigenvalue weighted by Crippen LogP contribution is 2.14. The number of rotatable bonds is 4. The van der Waals surface area contributed by atoms with Crippen molar-refractivity contribution in [1.29, 1.82) is 0 Å². The van der Waals surface area contributed by atoms with E-state index in [1.807, 2.05) is 32.0 Å². The molecule has 1 aromatic heterocycles. The standard InChI is InChI=1S/C20H18ClN3O3/c1-13-8-14(2)10-16(9-13)22-18(25)12-23-6-7-24(20(27)19(23)26)17-5-3-4-15(21)11-17/h3-11H,12H2,1-2H3,(H,22,25). The average molecular weight is 384 g/mol. The fraction of sp³-hybridized carbons (Fsp3) is 0.150. The molecule has 138 valence electrons. The van der Waals surface area contributed by atoms with Gasteiger partial charge >= 0.3 is 11.1 Å². The fourth-order valence-electron chi connectivity index (χ4n) is 2.86. The van der Waals surface area contributed by atoms with Crippen LogP contribution in [0, 0.1) is 13.8 Å². The average Bonchev–Trinajstić information content (AvgIpc) is 2.58. The minimum Gasteiger partial charge on any atom is -0.325 e. The summed E-state index contributed by atoms with van der Waals surface area (Å²) in [5.74, 6) is -0.387. The summed E-state index contributed by atoms with van der Waals surface area (Å²) in [5.41, 5.74) is 1.64. The van der Waals surface area contributed by atoms with Crippen LogP contribution in [0.4, 0.5) is 5.69 Å². The van der Waals surface area contributed by atoms with Crippen LogP contribution < -0.4 is 16.4 Å². The second-order valence-corrected chi connectivity index (χ2v) is 6.75. The van der Waals surface area contributed by atoms with Crippen LogP contribution >= 0.6 is 11.6 Å². The lowest BCUT2D eigenvalue weighted by Gasteiger charge is -2.10. The van der Waals surface area contributed by atoms with Gasteiger partial charge in [0.1, 0.15) is 6.54 Å². The molecule has 2 aromatic carbocycles. The lowest BCUT2D eigenvalue weighted by Crippen LogP contribution is -2.41. The highest BCUT2D eigenvalue weighted by atomic mass is 35.5. The zero-order valence-corrected chi connectivity index (χ0v) is 15.7. The van der Waals surface area contributed by atoms with E-state index in [1.54, 1.807) is 24.3 Å². The first-order valence-electron chi connectivity index (χ1n) is 8.30. The SMILES string of the molecule is Cc1cc(C)cc(NC(=O)Cn2ccn(-c3cccc(Cl)c3)c(=O)c2=O)c1. The third kappa shape index (κ3) is 4.35. The Kier molecular flexibility index (Phi) is 5.28. The normalized spacial score (nSPS) is 10.6. The molecule has 3 rings (SSSR count). The number of anilines is 1. The van der Waals surface area contributed by atoms with Crippen LogP contribution in [0.1, 0.15) is 11.1 Å². The Hall–Kier alpha value is -3.12. The quantitative estimate of drug-likeness (QED) is 0.704. The summed E-state index contributed by atoms with van der Waals surface area (Å²) in [6, 6.07) is 12.3. The van der Waals surface area contributed by atoms with Crippen molar-refractivity contribution in [2.45, 2.75) is 20.4 Å². The molecule has 0 unspecified atom stereocenters. The van der Waals surface area contributed by atoms with Crippen molar-refractivity contribution in [2.24, 2.45) is 0 Å². The molecule has 1 N–H and O–H groups in total. The number of carbonyl (C=O) groups is 1. The van der Waals surface area contributed by atoms with E-state index in [2.05, 4.69) is 5.32 Å². The van der Waals surface area contributed by atoms with Crippen LogP contribution in [-0.2, 0) is 11.3 Å². The Balaban J connectivity index is 1.83. The van der Waals surface area contributed by atoms with E-state index in [9.17, 15) is 14.4 Å². The van der Waals surface area contributed by atoms with Crippen LogP contribution in [0.3, 0.4) is 0 Å². The Morgan fingerprint density at radius 1 is 1.00 bits per heavy atom. The van der Waals surface area contributed by atoms with Gasteiger partial charge in [0.2, 0.25) is 5.91 Å². The van der Waals surface area contributed by atoms with Crippen molar-refractivity contribution >= 4 is 23.2 Å². The summed E-state index contributed by atoms with van der Waals surface area (Å²) in [6.45, 7) is 3.61. The number of halogens is 1. The highest BCUT2D eigenvalue weighted by molar-refractivity contribution is 6.30. The molecule has 0 bridgehead atoms. The van der Waals surface area contributed by atoms with Gasteiger partial charge in [0.05, 0.1) is 5.69 Å². The molecular formula is C20H18ClN3O3. The van der Waals surface area contributed by atoms with Crippen molar-refractivity contribution < 1.29 is 4.79 Å². The van der Waals surface area contributed by atoms with Crippen molar-refractivity contribution in [3.8, 4) is 5.69 Å². The van der Waals surface area contributed by atoms with Crippen LogP contribution in [0.25, 0.3) is 5.69 Å². The van der Waals surface area contributed by atoms with E-state index in [0.717, 1.165) is 15.7 Å². The van der Waals surface area contributed by atoms with Gasteiger partial charge in [0.15, 0.2) is 0 Å². The van der Waals surface area contributed by atoms with Gasteiger partial charge in [0, 0.05) is 23.1 Å². The Morgan fingerprint density at radius 2 is 1.70 bits per heavy atom. The number of benzene rings is 2. The Bertz CT molecular complexity index is 1110. The predicted octanol–water partition coefficient (Wildman–Crippen LogP) is 2.91. The second kappa shape index (κ2) is 7.63. The number of hydrogen-bond donors (Lipinski definition) is 1. The number of nitrogens with zero attached hydrogens (tertiary/aromatic N) is 2. The lowest BCUT2D eigenvalue weighted by molar-refractivity contribution is -0.116. The van der Waals surface area contributed by atoms with Gasteiger partial charge in [-0.2, -0.15) is 0 Å². The second-order valence-electron chi connectivity index (χ2n) is 6.31. The monoisotopic (exact) mass is 383 g/mol. The molecule has 0 saturated heterocycles. The molecule has 0 aliphatic carbocycles. The predicted molar refractivity (Wildman–Crippen MR) is 106 cm³/mol. The van der Waals surface area contributed by atoms with Crippen molar-refractivity contribution in [3.05, 3.63) is 91.7 Å². The van der Waals surface area contributed by atoms with Crippen molar-refractivity contribution in [1.82, 2.24) is 9.13 Å². The van der Waals surface area contributed by atoms with Gasteiger partial charge in [-0.3, -0.25) is 23.5 Å². The van der Waals surface area contributed by atoms with E-state index in [0.29, 0.717) is 16.4 Å². The van der Waals surface area contributed by atoms with Crippen LogP contribution in [-0.4, -0.2) is 15.0 Å². The van der Waals surface area contributed by atoms with Gasteiger partial charge in [0.25, 0.3) is 0 Å². The van der Waals surface area contributed by atoms with Crippen LogP contribution in [0.5, 0.6) is 0 Å². The summed E-state index contributed by atoms with van der Waals surface area (Å²) in [5, 5.41) is 3.20. The molecule has 6 nitrogen and oxygen atoms in total. The Morgan fingerprint density at radius 3 is 2.37 bits per heavy atom. The van der Waals surface area contributed by atoms with Crippen molar-refractivity contribution in [2.75, 3.05) is 5.32 Å². The van der Waals surface area contributed by atoms with E-state index >= 15 is 0 Å². The maximum Gasteiger partial charge on any atom is 0.320 e. The first-order valence-corrected chi connectivity index (χ1v) is 8.67. The first kappa shape index (κ1) is 18.7. The third-order valence-corrected chi connectivity index (χ3v) is 4.20. The largest absolute Gasteiger partial charge is 0.325 e. The molecule has 1 amide bonds. The molecule has 0 aliphatic rings. The number of nitrogens with one attached hydrogen (secondary N) is 1. The van der Waals surface area contributed by atoms with Gasteiger partial charge in [-0.25, -0.2) is 0 Å². The molecule has 7 heteroatoms. The molecule has 0 radical (unpaired) electrons. The fourth-order valence-corrected chi connectivity index (χ4v) is 3.05. The molecule has 0 saturated carbocycles. The number of hydrogen-bond acceptors (Lipinski definition) is 3. The summed E-state index contributed by atoms with van der Waals surface area (Å²) in [7, 11) is 0. The topological polar surface area (TPSA) is 73.1 Å². The molecule has 0 spiro atoms. The van der Waals surface area contributed by atoms with Gasteiger partial charge in [-0.15, -0.1) is 0 Å². The first-order chi connectivity index (χ1) is 12.8. The lowest BCUT2D eigenvalue weighted by atomic mass is 10.1. The molecule has 1 heterocycles. The molecule has 0 aliphatic heterocycles. The van der Waals surface area contributed by atoms with E-state index < -0.39 is 11.1 Å². The molecular weight excluding hydrogens is 366 g/mol. The summed E-state index contributed by atoms with van der Waals surface area (Å²) in [6.07, 6.45) is 2.85. The summed E-state index contributed by atoms with van der Waals surface area (Å²) < 4.78 is 2.29. The van der Waals surface area contributed by atoms with Crippen LogP contribution in [0.2, 0.25) is 5.02 Å². The van der Waals surface area contributed by atoms with E-state index in [4.69, 9.17) is 11.6 Å². The zero-order valence-electron chi connectivity index (χ0n) is 14.9. The molecule has 0 atom stereocenters. The minimum absolute atomic E-state index is 0.253. The maximum atomic E-state index is 12.4. The number of aryl methyl sites for hydroxylation is 2. The summed E-state index contributed by atoms with van der Waals surface area (Å²) >= 11 is 5.93. The van der Waals surface area contributed by atoms with Gasteiger partial charge in [-0.1, -0.05) is 23.7 Å². The molecule has 3 aromatic rings. The summed E-state index contributed by atoms with van der Waals surface area (Å²) in [4.78, 5) is 37.0. The van der Waals surface area contributed by atoms with Crippen molar-refractivity contribution in [3.63, 3.8) is 0 Å². The van der Waals surface area contributed by atoms with Gasteiger partial charge in [-0.05, 0) is 55.3 Å². The van der Waals surface area contributed by atoms with Gasteiger partial charge < -0.3 is 5.32 Å². The zero-order chi connectivity index (χ0) is 19.6. The third-order valence-electron chi connectivity index (χ3n) is 3.96. The number of carbonyl (C=O) groups excluding carboxylic acids is 1. The Labute approximate surface area is 160 Å². The van der Waals surface area contributed by atoms with E-state index in [-0.39, 0.29) is 12.5 Å².